The number of hydrogen-bond acceptors (Lipinski definition) is 4. The fourth-order valence-electron chi connectivity index (χ4n) is 2.61. The maximum atomic E-state index is 12.8. The molecule has 0 spiro atoms. The lowest BCUT2D eigenvalue weighted by molar-refractivity contribution is -0.113. The molecule has 0 unspecified atom stereocenters. The third kappa shape index (κ3) is 2.83. The summed E-state index contributed by atoms with van der Waals surface area (Å²) in [6, 6.07) is 12.3. The van der Waals surface area contributed by atoms with Crippen LogP contribution in [0.4, 0.5) is 10.5 Å². The third-order valence-corrected chi connectivity index (χ3v) is 5.06. The zero-order valence-corrected chi connectivity index (χ0v) is 14.5. The quantitative estimate of drug-likeness (QED) is 0.810. The van der Waals surface area contributed by atoms with Crippen molar-refractivity contribution in [3.8, 4) is 5.75 Å². The molecule has 0 atom stereocenters. The molecule has 0 bridgehead atoms. The van der Waals surface area contributed by atoms with Crippen LogP contribution in [-0.2, 0) is 4.79 Å². The van der Waals surface area contributed by atoms with E-state index in [0.717, 1.165) is 34.0 Å². The molecule has 0 aromatic heterocycles. The first kappa shape index (κ1) is 16.3. The van der Waals surface area contributed by atoms with Gasteiger partial charge in [-0.1, -0.05) is 24.3 Å². The molecular weight excluding hydrogens is 322 g/mol. The third-order valence-electron chi connectivity index (χ3n) is 4.02. The Morgan fingerprint density at radius 1 is 1.04 bits per heavy atom. The maximum Gasteiger partial charge on any atom is 0.298 e. The number of rotatable bonds is 2. The summed E-state index contributed by atoms with van der Waals surface area (Å²) in [5, 5.41) is 9.10. The lowest BCUT2D eigenvalue weighted by Crippen LogP contribution is -2.28. The Kier molecular flexibility index (Phi) is 4.20. The molecule has 3 rings (SSSR count). The van der Waals surface area contributed by atoms with Gasteiger partial charge >= 0.3 is 0 Å². The summed E-state index contributed by atoms with van der Waals surface area (Å²) < 4.78 is 0. The standard InChI is InChI=1S/C19H17NO3S/c1-11-4-5-12(2)16(10-11)20-18(22)17(24-19(20)23)13(3)14-6-8-15(21)9-7-14/h4-10,21H,1-3H3/b17-13-. The number of aryl methyl sites for hydroxylation is 2. The highest BCUT2D eigenvalue weighted by molar-refractivity contribution is 8.19. The van der Waals surface area contributed by atoms with Crippen LogP contribution in [0.5, 0.6) is 5.75 Å². The van der Waals surface area contributed by atoms with E-state index in [-0.39, 0.29) is 16.9 Å². The SMILES string of the molecule is C/C(=C1/SC(=O)N(c2cc(C)ccc2C)C1=O)c1ccc(O)cc1. The molecule has 2 aromatic carbocycles. The fraction of sp³-hybridized carbons (Fsp3) is 0.158. The molecule has 1 saturated heterocycles. The molecule has 24 heavy (non-hydrogen) atoms. The first-order valence-corrected chi connectivity index (χ1v) is 8.34. The van der Waals surface area contributed by atoms with E-state index < -0.39 is 0 Å². The van der Waals surface area contributed by atoms with Gasteiger partial charge in [-0.15, -0.1) is 0 Å². The number of benzene rings is 2. The van der Waals surface area contributed by atoms with E-state index in [1.807, 2.05) is 39.0 Å². The molecule has 1 aliphatic rings. The minimum absolute atomic E-state index is 0.162. The summed E-state index contributed by atoms with van der Waals surface area (Å²) in [6.45, 7) is 5.63. The first-order valence-electron chi connectivity index (χ1n) is 7.52. The molecule has 5 heteroatoms. The van der Waals surface area contributed by atoms with Crippen molar-refractivity contribution in [2.75, 3.05) is 4.90 Å². The van der Waals surface area contributed by atoms with E-state index in [1.165, 1.54) is 4.90 Å². The minimum Gasteiger partial charge on any atom is -0.508 e. The topological polar surface area (TPSA) is 57.6 Å². The van der Waals surface area contributed by atoms with Crippen LogP contribution >= 0.6 is 11.8 Å². The van der Waals surface area contributed by atoms with Crippen molar-refractivity contribution < 1.29 is 14.7 Å². The molecule has 2 amide bonds. The maximum absolute atomic E-state index is 12.8. The number of imide groups is 1. The molecule has 0 radical (unpaired) electrons. The number of phenols is 1. The van der Waals surface area contributed by atoms with Crippen molar-refractivity contribution in [3.05, 3.63) is 64.1 Å². The molecule has 2 aromatic rings. The molecule has 4 nitrogen and oxygen atoms in total. The average molecular weight is 339 g/mol. The lowest BCUT2D eigenvalue weighted by atomic mass is 10.1. The van der Waals surface area contributed by atoms with Gasteiger partial charge in [-0.3, -0.25) is 9.59 Å². The van der Waals surface area contributed by atoms with Gasteiger partial charge in [0.1, 0.15) is 5.75 Å². The van der Waals surface area contributed by atoms with E-state index in [0.29, 0.717) is 10.6 Å². The second-order valence-electron chi connectivity index (χ2n) is 5.80. The Morgan fingerprint density at radius 3 is 2.38 bits per heavy atom. The summed E-state index contributed by atoms with van der Waals surface area (Å²) in [6.07, 6.45) is 0. The number of hydrogen-bond donors (Lipinski definition) is 1. The number of amides is 2. The molecule has 122 valence electrons. The van der Waals surface area contributed by atoms with Crippen molar-refractivity contribution in [3.63, 3.8) is 0 Å². The predicted molar refractivity (Wildman–Crippen MR) is 97.1 cm³/mol. The number of aromatic hydroxyl groups is 1. The van der Waals surface area contributed by atoms with E-state index in [2.05, 4.69) is 0 Å². The number of carbonyl (C=O) groups is 2. The average Bonchev–Trinajstić information content (AvgIpc) is 2.84. The molecule has 1 N–H and O–H groups in total. The number of allylic oxidation sites excluding steroid dienone is 1. The summed E-state index contributed by atoms with van der Waals surface area (Å²) in [5.74, 6) is -0.140. The van der Waals surface area contributed by atoms with Crippen molar-refractivity contribution in [2.24, 2.45) is 0 Å². The van der Waals surface area contributed by atoms with E-state index in [1.54, 1.807) is 24.3 Å². The van der Waals surface area contributed by atoms with Crippen LogP contribution in [0.1, 0.15) is 23.6 Å². The van der Waals surface area contributed by atoms with Gasteiger partial charge in [0, 0.05) is 0 Å². The molecule has 1 heterocycles. The minimum atomic E-state index is -0.302. The summed E-state index contributed by atoms with van der Waals surface area (Å²) in [7, 11) is 0. The van der Waals surface area contributed by atoms with Gasteiger partial charge in [-0.05, 0) is 73.0 Å². The van der Waals surface area contributed by atoms with Gasteiger partial charge in [0.05, 0.1) is 10.6 Å². The predicted octanol–water partition coefficient (Wildman–Crippen LogP) is 4.64. The first-order chi connectivity index (χ1) is 11.4. The van der Waals surface area contributed by atoms with Gasteiger partial charge in [0.2, 0.25) is 0 Å². The van der Waals surface area contributed by atoms with Crippen molar-refractivity contribution in [2.45, 2.75) is 20.8 Å². The molecule has 0 saturated carbocycles. The van der Waals surface area contributed by atoms with E-state index >= 15 is 0 Å². The van der Waals surface area contributed by atoms with Crippen LogP contribution in [0.15, 0.2) is 47.4 Å². The number of anilines is 1. The highest BCUT2D eigenvalue weighted by Crippen LogP contribution is 2.40. The van der Waals surface area contributed by atoms with Crippen molar-refractivity contribution >= 4 is 34.2 Å². The largest absolute Gasteiger partial charge is 0.508 e. The summed E-state index contributed by atoms with van der Waals surface area (Å²) in [5.41, 5.74) is 4.04. The fourth-order valence-corrected chi connectivity index (χ4v) is 3.51. The van der Waals surface area contributed by atoms with Crippen LogP contribution in [0, 0.1) is 13.8 Å². The smallest absolute Gasteiger partial charge is 0.298 e. The monoisotopic (exact) mass is 339 g/mol. The molecular formula is C19H17NO3S. The number of nitrogens with zero attached hydrogens (tertiary/aromatic N) is 1. The van der Waals surface area contributed by atoms with Gasteiger partial charge in [0.25, 0.3) is 11.1 Å². The highest BCUT2D eigenvalue weighted by atomic mass is 32.2. The Balaban J connectivity index is 2.04. The van der Waals surface area contributed by atoms with Crippen LogP contribution < -0.4 is 4.90 Å². The summed E-state index contributed by atoms with van der Waals surface area (Å²) >= 11 is 0.953. The van der Waals surface area contributed by atoms with Gasteiger partial charge in [-0.25, -0.2) is 4.90 Å². The summed E-state index contributed by atoms with van der Waals surface area (Å²) in [4.78, 5) is 26.9. The van der Waals surface area contributed by atoms with Gasteiger partial charge in [0.15, 0.2) is 0 Å². The molecule has 1 aliphatic heterocycles. The Hall–Kier alpha value is -2.53. The Bertz CT molecular complexity index is 869. The van der Waals surface area contributed by atoms with Crippen LogP contribution in [-0.4, -0.2) is 16.3 Å². The van der Waals surface area contributed by atoms with Crippen LogP contribution in [0.3, 0.4) is 0 Å². The van der Waals surface area contributed by atoms with Crippen molar-refractivity contribution in [1.29, 1.82) is 0 Å². The lowest BCUT2D eigenvalue weighted by Gasteiger charge is -2.16. The normalized spacial score (nSPS) is 16.7. The van der Waals surface area contributed by atoms with E-state index in [4.69, 9.17) is 0 Å². The Labute approximate surface area is 144 Å². The second-order valence-corrected chi connectivity index (χ2v) is 6.76. The zero-order chi connectivity index (χ0) is 17.4. The highest BCUT2D eigenvalue weighted by Gasteiger charge is 2.38. The molecule has 0 aliphatic carbocycles. The second kappa shape index (κ2) is 6.17. The van der Waals surface area contributed by atoms with Gasteiger partial charge in [-0.2, -0.15) is 0 Å². The number of phenolic OH excluding ortho intramolecular Hbond substituents is 1. The molecule has 1 fully saturated rings. The number of carbonyl (C=O) groups excluding carboxylic acids is 2. The zero-order valence-electron chi connectivity index (χ0n) is 13.7. The Morgan fingerprint density at radius 2 is 1.71 bits per heavy atom. The van der Waals surface area contributed by atoms with Crippen LogP contribution in [0.25, 0.3) is 5.57 Å². The van der Waals surface area contributed by atoms with Gasteiger partial charge < -0.3 is 5.11 Å². The van der Waals surface area contributed by atoms with E-state index in [9.17, 15) is 14.7 Å². The van der Waals surface area contributed by atoms with Crippen LogP contribution in [0.2, 0.25) is 0 Å². The number of thioether (sulfide) groups is 1. The van der Waals surface area contributed by atoms with Crippen molar-refractivity contribution in [1.82, 2.24) is 0 Å².